The lowest BCUT2D eigenvalue weighted by atomic mass is 10.1. The number of rotatable bonds is 7. The summed E-state index contributed by atoms with van der Waals surface area (Å²) in [6, 6.07) is 7.48. The summed E-state index contributed by atoms with van der Waals surface area (Å²) in [6.45, 7) is 2.92. The van der Waals surface area contributed by atoms with Crippen molar-refractivity contribution in [3.05, 3.63) is 90.6 Å². The number of nitrogens with one attached hydrogen (secondary N) is 2. The first kappa shape index (κ1) is 32.4. The fourth-order valence-corrected chi connectivity index (χ4v) is 4.96. The predicted molar refractivity (Wildman–Crippen MR) is 151 cm³/mol. The third kappa shape index (κ3) is 5.12. The Kier molecular flexibility index (Phi) is 7.64. The van der Waals surface area contributed by atoms with E-state index in [0.717, 1.165) is 31.9 Å². The number of pyridine rings is 1. The molecule has 2 N–H and O–H groups in total. The number of hydrogen-bond donors (Lipinski definition) is 2. The molecular weight excluding hydrogens is 634 g/mol. The third-order valence-electron chi connectivity index (χ3n) is 7.53. The van der Waals surface area contributed by atoms with Crippen molar-refractivity contribution >= 4 is 34.0 Å². The predicted octanol–water partition coefficient (Wildman–Crippen LogP) is 5.46. The van der Waals surface area contributed by atoms with Crippen LogP contribution in [0, 0.1) is 19.7 Å². The number of aromatic nitrogens is 3. The van der Waals surface area contributed by atoms with Crippen LogP contribution in [-0.4, -0.2) is 37.6 Å². The van der Waals surface area contributed by atoms with Crippen molar-refractivity contribution < 1.29 is 39.9 Å². The molecule has 244 valence electrons. The van der Waals surface area contributed by atoms with Crippen LogP contribution in [0.25, 0.3) is 16.6 Å². The third-order valence-corrected chi connectivity index (χ3v) is 7.53. The average molecular weight is 658 g/mol. The monoisotopic (exact) mass is 657 g/mol. The van der Waals surface area contributed by atoms with Crippen molar-refractivity contribution in [1.82, 2.24) is 13.7 Å². The molecule has 0 aliphatic heterocycles. The zero-order chi connectivity index (χ0) is 34.1. The van der Waals surface area contributed by atoms with Crippen LogP contribution in [0.15, 0.2) is 56.8 Å². The molecule has 46 heavy (non-hydrogen) atoms. The van der Waals surface area contributed by atoms with E-state index in [9.17, 15) is 54.3 Å². The summed E-state index contributed by atoms with van der Waals surface area (Å²) in [5, 5.41) is 3.80. The van der Waals surface area contributed by atoms with E-state index in [1.807, 2.05) is 0 Å². The van der Waals surface area contributed by atoms with Gasteiger partial charge >= 0.3 is 29.6 Å². The summed E-state index contributed by atoms with van der Waals surface area (Å²) in [5.41, 5.74) is -3.57. The summed E-state index contributed by atoms with van der Waals surface area (Å²) >= 11 is 0. The number of amides is 1. The van der Waals surface area contributed by atoms with Gasteiger partial charge in [0.05, 0.1) is 16.9 Å². The first-order valence-corrected chi connectivity index (χ1v) is 13.5. The van der Waals surface area contributed by atoms with Crippen LogP contribution in [0.2, 0.25) is 0 Å². The Balaban J connectivity index is 1.74. The molecule has 5 rings (SSSR count). The molecule has 1 fully saturated rings. The van der Waals surface area contributed by atoms with Gasteiger partial charge < -0.3 is 10.6 Å². The van der Waals surface area contributed by atoms with E-state index in [0.29, 0.717) is 18.4 Å². The van der Waals surface area contributed by atoms with Crippen LogP contribution >= 0.6 is 0 Å². The first-order chi connectivity index (χ1) is 21.3. The van der Waals surface area contributed by atoms with Crippen molar-refractivity contribution in [3.8, 4) is 5.69 Å². The van der Waals surface area contributed by atoms with E-state index in [1.165, 1.54) is 37.5 Å². The number of aryl methyl sites for hydroxylation is 2. The fourth-order valence-electron chi connectivity index (χ4n) is 4.96. The van der Waals surface area contributed by atoms with E-state index < -0.39 is 58.3 Å². The van der Waals surface area contributed by atoms with Gasteiger partial charge in [0.1, 0.15) is 17.0 Å². The molecule has 1 aliphatic rings. The summed E-state index contributed by atoms with van der Waals surface area (Å²) in [6.07, 6.45) is -5.92. The van der Waals surface area contributed by atoms with Crippen molar-refractivity contribution in [2.75, 3.05) is 10.6 Å². The zero-order valence-corrected chi connectivity index (χ0v) is 24.0. The maximum atomic E-state index is 14.9. The number of carbonyl (C=O) groups is 1. The minimum absolute atomic E-state index is 0.123. The van der Waals surface area contributed by atoms with Gasteiger partial charge in [0, 0.05) is 24.3 Å². The standard InChI is InChI=1S/C29H23F8N5O4/c1-13-7-10-19(18(30)11-13)39-22-20-21(14(2)23(43)40(22)3)41(26(46)42(24(20)44)16-8-9-16)17-6-4-5-15(12-17)38-25(45)27(31,32)28(33,34)29(35,36)37/h4-7,10-12,16,39H,8-9H2,1-3H3,(H,38,45). The number of alkyl halides is 7. The van der Waals surface area contributed by atoms with E-state index >= 15 is 0 Å². The summed E-state index contributed by atoms with van der Waals surface area (Å²) < 4.78 is 111. The Hall–Kier alpha value is -4.96. The van der Waals surface area contributed by atoms with Crippen LogP contribution in [0.4, 0.5) is 52.3 Å². The van der Waals surface area contributed by atoms with Gasteiger partial charge in [-0.25, -0.2) is 9.18 Å². The van der Waals surface area contributed by atoms with Gasteiger partial charge in [0.2, 0.25) is 0 Å². The summed E-state index contributed by atoms with van der Waals surface area (Å²) in [7, 11) is 1.30. The minimum Gasteiger partial charge on any atom is -0.338 e. The average Bonchev–Trinajstić information content (AvgIpc) is 3.80. The molecule has 17 heteroatoms. The van der Waals surface area contributed by atoms with Crippen molar-refractivity contribution in [2.45, 2.75) is 50.8 Å². The molecule has 0 radical (unpaired) electrons. The van der Waals surface area contributed by atoms with Gasteiger partial charge in [-0.15, -0.1) is 0 Å². The first-order valence-electron chi connectivity index (χ1n) is 13.5. The molecule has 0 bridgehead atoms. The largest absolute Gasteiger partial charge is 0.460 e. The summed E-state index contributed by atoms with van der Waals surface area (Å²) in [4.78, 5) is 53.1. The summed E-state index contributed by atoms with van der Waals surface area (Å²) in [5.74, 6) is -16.9. The highest BCUT2D eigenvalue weighted by Crippen LogP contribution is 2.47. The molecule has 1 aliphatic carbocycles. The van der Waals surface area contributed by atoms with Crippen molar-refractivity contribution in [1.29, 1.82) is 0 Å². The molecule has 2 aromatic heterocycles. The lowest BCUT2D eigenvalue weighted by Gasteiger charge is -2.27. The molecule has 2 aromatic carbocycles. The quantitative estimate of drug-likeness (QED) is 0.257. The minimum atomic E-state index is -6.75. The molecule has 0 unspecified atom stereocenters. The van der Waals surface area contributed by atoms with Gasteiger partial charge in [0.15, 0.2) is 0 Å². The van der Waals surface area contributed by atoms with Gasteiger partial charge in [-0.3, -0.25) is 28.1 Å². The van der Waals surface area contributed by atoms with Crippen LogP contribution in [0.5, 0.6) is 0 Å². The van der Waals surface area contributed by atoms with Gasteiger partial charge in [-0.2, -0.15) is 30.7 Å². The molecule has 1 saturated carbocycles. The second kappa shape index (κ2) is 10.8. The fraction of sp³-hybridized carbons (Fsp3) is 0.310. The number of anilines is 3. The number of carbonyl (C=O) groups excluding carboxylic acids is 1. The Bertz CT molecular complexity index is 2100. The van der Waals surface area contributed by atoms with Crippen LogP contribution in [0.3, 0.4) is 0 Å². The maximum absolute atomic E-state index is 14.9. The number of nitrogens with zero attached hydrogens (tertiary/aromatic N) is 3. The van der Waals surface area contributed by atoms with Gasteiger partial charge in [-0.1, -0.05) is 12.1 Å². The molecular formula is C29H23F8N5O4. The van der Waals surface area contributed by atoms with Crippen LogP contribution < -0.4 is 27.4 Å². The molecule has 1 amide bonds. The molecule has 0 spiro atoms. The van der Waals surface area contributed by atoms with E-state index in [1.54, 1.807) is 13.0 Å². The molecule has 2 heterocycles. The highest BCUT2D eigenvalue weighted by atomic mass is 19.4. The van der Waals surface area contributed by atoms with E-state index in [4.69, 9.17) is 0 Å². The SMILES string of the molecule is Cc1ccc(Nc2c3c(=O)n(C4CC4)c(=O)n(-c4cccc(NC(=O)C(F)(F)C(F)(F)C(F)(F)F)c4)c3c(C)c(=O)n2C)c(F)c1. The van der Waals surface area contributed by atoms with E-state index in [2.05, 4.69) is 5.32 Å². The zero-order valence-electron chi connectivity index (χ0n) is 24.0. The maximum Gasteiger partial charge on any atom is 0.460 e. The van der Waals surface area contributed by atoms with Crippen molar-refractivity contribution in [3.63, 3.8) is 0 Å². The highest BCUT2D eigenvalue weighted by molar-refractivity contribution is 5.97. The number of benzene rings is 2. The van der Waals surface area contributed by atoms with Crippen LogP contribution in [-0.2, 0) is 11.8 Å². The Morgan fingerprint density at radius 3 is 2.15 bits per heavy atom. The highest BCUT2D eigenvalue weighted by Gasteiger charge is 2.76. The van der Waals surface area contributed by atoms with Crippen LogP contribution in [0.1, 0.15) is 30.0 Å². The lowest BCUT2D eigenvalue weighted by molar-refractivity contribution is -0.343. The normalized spacial score (nSPS) is 14.1. The Labute approximate surface area is 252 Å². The lowest BCUT2D eigenvalue weighted by Crippen LogP contribution is -2.57. The van der Waals surface area contributed by atoms with Gasteiger partial charge in [-0.05, 0) is 62.6 Å². The molecule has 0 saturated heterocycles. The Morgan fingerprint density at radius 2 is 1.57 bits per heavy atom. The number of halogens is 8. The second-order valence-corrected chi connectivity index (χ2v) is 10.8. The van der Waals surface area contributed by atoms with E-state index in [-0.39, 0.29) is 33.7 Å². The molecule has 9 nitrogen and oxygen atoms in total. The topological polar surface area (TPSA) is 107 Å². The Morgan fingerprint density at radius 1 is 0.913 bits per heavy atom. The second-order valence-electron chi connectivity index (χ2n) is 10.8. The molecule has 4 aromatic rings. The number of fused-ring (bicyclic) bond motifs is 1. The van der Waals surface area contributed by atoms with Gasteiger partial charge in [0.25, 0.3) is 11.1 Å². The van der Waals surface area contributed by atoms with Crippen molar-refractivity contribution in [2.24, 2.45) is 7.05 Å². The smallest absolute Gasteiger partial charge is 0.338 e. The number of hydrogen-bond acceptors (Lipinski definition) is 5. The molecule has 0 atom stereocenters.